The SMILES string of the molecule is C.C.CC(C)(C)OC(=O)c1ccc(N2CCC(C=O)CC2)cc1.CC(C)(C)OC(=O)c1ccc(N2CCC(CO)CC2)cc1. The Morgan fingerprint density at radius 3 is 1.34 bits per heavy atom. The van der Waals surface area contributed by atoms with Gasteiger partial charge in [-0.3, -0.25) is 0 Å². The van der Waals surface area contributed by atoms with Gasteiger partial charge in [0.1, 0.15) is 17.5 Å². The molecule has 0 aromatic heterocycles. The molecule has 0 aliphatic carbocycles. The summed E-state index contributed by atoms with van der Waals surface area (Å²) in [6.45, 7) is 15.1. The summed E-state index contributed by atoms with van der Waals surface area (Å²) in [6.07, 6.45) is 4.90. The van der Waals surface area contributed by atoms with Crippen molar-refractivity contribution in [1.82, 2.24) is 0 Å². The van der Waals surface area contributed by atoms with Crippen molar-refractivity contribution in [3.05, 3.63) is 59.7 Å². The fourth-order valence-electron chi connectivity index (χ4n) is 4.96. The topological polar surface area (TPSA) is 96.4 Å². The van der Waals surface area contributed by atoms with Gasteiger partial charge in [-0.15, -0.1) is 0 Å². The van der Waals surface area contributed by atoms with E-state index in [1.54, 1.807) is 12.1 Å². The fourth-order valence-corrected chi connectivity index (χ4v) is 4.96. The number of hydrogen-bond donors (Lipinski definition) is 1. The molecule has 2 heterocycles. The summed E-state index contributed by atoms with van der Waals surface area (Å²) in [7, 11) is 0. The van der Waals surface area contributed by atoms with Gasteiger partial charge in [0.05, 0.1) is 11.1 Å². The van der Waals surface area contributed by atoms with Crippen LogP contribution in [-0.2, 0) is 14.3 Å². The first-order chi connectivity index (χ1) is 19.8. The zero-order valence-electron chi connectivity index (χ0n) is 26.1. The standard InChI is InChI=1S/C17H25NO3.C17H23NO3.2CH4/c2*1-17(2,3)21-16(20)14-4-6-15(7-5-14)18-10-8-13(12-19)9-11-18;;/h4-7,13,19H,8-12H2,1-3H3;4-7,12-13H,8-11H2,1-3H3;2*1H4. The van der Waals surface area contributed by atoms with Crippen molar-refractivity contribution in [2.45, 2.75) is 93.3 Å². The molecule has 8 heteroatoms. The zero-order valence-corrected chi connectivity index (χ0v) is 26.1. The van der Waals surface area contributed by atoms with Crippen LogP contribution >= 0.6 is 0 Å². The Morgan fingerprint density at radius 2 is 1.05 bits per heavy atom. The van der Waals surface area contributed by atoms with Crippen LogP contribution in [0, 0.1) is 11.8 Å². The first-order valence-corrected chi connectivity index (χ1v) is 15.0. The molecule has 0 amide bonds. The van der Waals surface area contributed by atoms with Gasteiger partial charge in [0.15, 0.2) is 0 Å². The van der Waals surface area contributed by atoms with Crippen molar-refractivity contribution < 1.29 is 29.0 Å². The van der Waals surface area contributed by atoms with Gasteiger partial charge in [-0.05, 0) is 122 Å². The highest BCUT2D eigenvalue weighted by atomic mass is 16.6. The molecule has 0 bridgehead atoms. The van der Waals surface area contributed by atoms with Crippen LogP contribution in [0.4, 0.5) is 11.4 Å². The number of aliphatic hydroxyl groups excluding tert-OH is 1. The molecule has 1 N–H and O–H groups in total. The van der Waals surface area contributed by atoms with Crippen molar-refractivity contribution in [2.75, 3.05) is 42.6 Å². The molecule has 2 aliphatic heterocycles. The van der Waals surface area contributed by atoms with E-state index in [1.807, 2.05) is 77.9 Å². The molecule has 246 valence electrons. The first-order valence-electron chi connectivity index (χ1n) is 15.0. The highest BCUT2D eigenvalue weighted by Crippen LogP contribution is 2.25. The number of carbonyl (C=O) groups is 3. The molecule has 0 atom stereocenters. The maximum absolute atomic E-state index is 12.0. The molecular formula is C36H56N2O6. The third kappa shape index (κ3) is 12.3. The lowest BCUT2D eigenvalue weighted by Gasteiger charge is -2.33. The second kappa shape index (κ2) is 17.2. The number of rotatable bonds is 6. The fraction of sp³-hybridized carbons (Fsp3) is 0.583. The van der Waals surface area contributed by atoms with Crippen molar-refractivity contribution >= 4 is 29.6 Å². The average Bonchev–Trinajstić information content (AvgIpc) is 2.96. The number of anilines is 2. The molecule has 2 fully saturated rings. The summed E-state index contributed by atoms with van der Waals surface area (Å²) >= 11 is 0. The van der Waals surface area contributed by atoms with Crippen LogP contribution in [0.1, 0.15) is 103 Å². The van der Waals surface area contributed by atoms with Crippen molar-refractivity contribution in [1.29, 1.82) is 0 Å². The molecule has 2 aromatic carbocycles. The van der Waals surface area contributed by atoms with Crippen LogP contribution in [0.5, 0.6) is 0 Å². The Hall–Kier alpha value is -3.39. The molecule has 0 unspecified atom stereocenters. The highest BCUT2D eigenvalue weighted by Gasteiger charge is 2.22. The molecule has 8 nitrogen and oxygen atoms in total. The number of ether oxygens (including phenoxy) is 2. The third-order valence-electron chi connectivity index (χ3n) is 7.34. The lowest BCUT2D eigenvalue weighted by Crippen LogP contribution is -2.34. The normalized spacial score (nSPS) is 16.0. The van der Waals surface area contributed by atoms with E-state index in [1.165, 1.54) is 0 Å². The number of aliphatic hydroxyl groups is 1. The number of aldehydes is 1. The summed E-state index contributed by atoms with van der Waals surface area (Å²) in [4.78, 5) is 39.2. The van der Waals surface area contributed by atoms with Gasteiger partial charge in [-0.1, -0.05) is 14.9 Å². The Kier molecular flexibility index (Phi) is 15.1. The van der Waals surface area contributed by atoms with Crippen LogP contribution in [0.25, 0.3) is 0 Å². The van der Waals surface area contributed by atoms with Gasteiger partial charge in [-0.25, -0.2) is 9.59 Å². The van der Waals surface area contributed by atoms with Crippen molar-refractivity contribution in [3.8, 4) is 0 Å². The minimum Gasteiger partial charge on any atom is -0.456 e. The number of carbonyl (C=O) groups excluding carboxylic acids is 3. The van der Waals surface area contributed by atoms with Crippen LogP contribution in [0.15, 0.2) is 48.5 Å². The molecule has 0 radical (unpaired) electrons. The molecular weight excluding hydrogens is 556 g/mol. The first kappa shape index (κ1) is 38.6. The Bertz CT molecular complexity index is 1150. The van der Waals surface area contributed by atoms with Crippen LogP contribution in [0.3, 0.4) is 0 Å². The van der Waals surface area contributed by atoms with E-state index in [0.29, 0.717) is 17.0 Å². The molecule has 4 rings (SSSR count). The van der Waals surface area contributed by atoms with Crippen molar-refractivity contribution in [2.24, 2.45) is 11.8 Å². The number of esters is 2. The van der Waals surface area contributed by atoms with Gasteiger partial charge in [-0.2, -0.15) is 0 Å². The summed E-state index contributed by atoms with van der Waals surface area (Å²) in [5.41, 5.74) is 2.41. The van der Waals surface area contributed by atoms with Crippen LogP contribution in [-0.4, -0.2) is 67.3 Å². The van der Waals surface area contributed by atoms with E-state index in [-0.39, 0.29) is 39.3 Å². The molecule has 2 saturated heterocycles. The second-order valence-electron chi connectivity index (χ2n) is 13.2. The largest absolute Gasteiger partial charge is 0.456 e. The van der Waals surface area contributed by atoms with Crippen LogP contribution < -0.4 is 9.80 Å². The van der Waals surface area contributed by atoms with Crippen molar-refractivity contribution in [3.63, 3.8) is 0 Å². The van der Waals surface area contributed by atoms with E-state index < -0.39 is 11.2 Å². The predicted molar refractivity (Wildman–Crippen MR) is 180 cm³/mol. The predicted octanol–water partition coefficient (Wildman–Crippen LogP) is 7.18. The quantitative estimate of drug-likeness (QED) is 0.271. The Labute approximate surface area is 265 Å². The summed E-state index contributed by atoms with van der Waals surface area (Å²) in [5.74, 6) is 0.0475. The monoisotopic (exact) mass is 612 g/mol. The molecule has 44 heavy (non-hydrogen) atoms. The van der Waals surface area contributed by atoms with Gasteiger partial charge in [0, 0.05) is 50.1 Å². The summed E-state index contributed by atoms with van der Waals surface area (Å²) in [5, 5.41) is 9.17. The van der Waals surface area contributed by atoms with E-state index in [2.05, 4.69) is 9.80 Å². The highest BCUT2D eigenvalue weighted by molar-refractivity contribution is 5.90. The summed E-state index contributed by atoms with van der Waals surface area (Å²) in [6, 6.07) is 15.1. The minimum absolute atomic E-state index is 0. The molecule has 0 spiro atoms. The minimum atomic E-state index is -0.480. The number of benzene rings is 2. The van der Waals surface area contributed by atoms with E-state index in [4.69, 9.17) is 14.6 Å². The van der Waals surface area contributed by atoms with Gasteiger partial charge in [0.25, 0.3) is 0 Å². The molecule has 2 aromatic rings. The Morgan fingerprint density at radius 1 is 0.705 bits per heavy atom. The maximum atomic E-state index is 12.0. The zero-order chi connectivity index (χ0) is 30.9. The second-order valence-corrected chi connectivity index (χ2v) is 13.2. The smallest absolute Gasteiger partial charge is 0.338 e. The maximum Gasteiger partial charge on any atom is 0.338 e. The van der Waals surface area contributed by atoms with Gasteiger partial charge in [0.2, 0.25) is 0 Å². The number of piperidine rings is 2. The average molecular weight is 613 g/mol. The molecule has 2 aliphatic rings. The number of hydrogen-bond acceptors (Lipinski definition) is 8. The molecule has 0 saturated carbocycles. The third-order valence-corrected chi connectivity index (χ3v) is 7.34. The number of nitrogens with zero attached hydrogens (tertiary/aromatic N) is 2. The van der Waals surface area contributed by atoms with Gasteiger partial charge < -0.3 is 29.2 Å². The van der Waals surface area contributed by atoms with Gasteiger partial charge >= 0.3 is 11.9 Å². The van der Waals surface area contributed by atoms with E-state index in [0.717, 1.165) is 69.5 Å². The lowest BCUT2D eigenvalue weighted by atomic mass is 9.97. The van der Waals surface area contributed by atoms with E-state index in [9.17, 15) is 14.4 Å². The van der Waals surface area contributed by atoms with Crippen LogP contribution in [0.2, 0.25) is 0 Å². The summed E-state index contributed by atoms with van der Waals surface area (Å²) < 4.78 is 10.7. The van der Waals surface area contributed by atoms with E-state index >= 15 is 0 Å². The lowest BCUT2D eigenvalue weighted by molar-refractivity contribution is -0.111. The Balaban J connectivity index is 0.000000421.